The summed E-state index contributed by atoms with van der Waals surface area (Å²) in [7, 11) is 0. The summed E-state index contributed by atoms with van der Waals surface area (Å²) in [6, 6.07) is 20.7. The number of aryl methyl sites for hydroxylation is 1. The van der Waals surface area contributed by atoms with E-state index >= 15 is 4.39 Å². The Hall–Kier alpha value is -6.02. The second kappa shape index (κ2) is 17.5. The standard InChI is InChI=1S/C47H58FN9O4/c1-2-31-29-57(40-14-13-36(26-38(31)40)56-23-17-43(59)52-46(56)61)35-15-21-53(22-16-35)30-47(48)18-24-54(25-19-47)45(60)33-11-9-32(10-12-33)34-6-5-20-55(28-34)41(44(50)51)27-39(49)37-7-3-4-8-42(37)58/h3-4,7-14,26-27,29,34-35,58H,2,5-6,15-25,28,30,49-51H2,1H3,(H,52,59,61)/b39-27-. The van der Waals surface area contributed by atoms with E-state index in [0.29, 0.717) is 68.1 Å². The summed E-state index contributed by atoms with van der Waals surface area (Å²) in [5.74, 6) is 0.104. The van der Waals surface area contributed by atoms with Crippen LogP contribution in [0.25, 0.3) is 16.6 Å². The molecule has 0 saturated carbocycles. The molecule has 13 nitrogen and oxygen atoms in total. The van der Waals surface area contributed by atoms with Crippen molar-refractivity contribution in [1.29, 1.82) is 0 Å². The van der Waals surface area contributed by atoms with Crippen molar-refractivity contribution in [3.8, 4) is 5.75 Å². The van der Waals surface area contributed by atoms with Gasteiger partial charge in [-0.15, -0.1) is 0 Å². The number of urea groups is 1. The molecule has 4 fully saturated rings. The molecule has 0 aliphatic carbocycles. The van der Waals surface area contributed by atoms with Crippen molar-refractivity contribution in [3.05, 3.63) is 113 Å². The summed E-state index contributed by atoms with van der Waals surface area (Å²) < 4.78 is 18.8. The highest BCUT2D eigenvalue weighted by Crippen LogP contribution is 2.36. The van der Waals surface area contributed by atoms with Crippen molar-refractivity contribution < 1.29 is 23.9 Å². The Labute approximate surface area is 356 Å². The number of imide groups is 1. The van der Waals surface area contributed by atoms with Gasteiger partial charge >= 0.3 is 6.03 Å². The average Bonchev–Trinajstić information content (AvgIpc) is 3.64. The second-order valence-corrected chi connectivity index (χ2v) is 17.2. The van der Waals surface area contributed by atoms with Crippen molar-refractivity contribution >= 4 is 40.1 Å². The fourth-order valence-electron chi connectivity index (χ4n) is 9.75. The number of likely N-dealkylation sites (tertiary alicyclic amines) is 3. The number of hydrogen-bond donors (Lipinski definition) is 5. The fourth-order valence-corrected chi connectivity index (χ4v) is 9.75. The Balaban J connectivity index is 0.832. The summed E-state index contributed by atoms with van der Waals surface area (Å²) in [5, 5.41) is 13.8. The average molecular weight is 832 g/mol. The Kier molecular flexibility index (Phi) is 12.0. The molecule has 4 saturated heterocycles. The van der Waals surface area contributed by atoms with Crippen LogP contribution in [0.5, 0.6) is 5.75 Å². The van der Waals surface area contributed by atoms with E-state index in [1.807, 2.05) is 30.3 Å². The van der Waals surface area contributed by atoms with Gasteiger partial charge in [0, 0.05) is 123 Å². The number of anilines is 1. The number of para-hydroxylation sites is 1. The van der Waals surface area contributed by atoms with Crippen LogP contribution in [-0.2, 0) is 11.2 Å². The van der Waals surface area contributed by atoms with E-state index < -0.39 is 5.67 Å². The molecule has 4 aliphatic heterocycles. The molecule has 4 amide bonds. The van der Waals surface area contributed by atoms with Crippen LogP contribution in [0.3, 0.4) is 0 Å². The van der Waals surface area contributed by atoms with E-state index in [1.54, 1.807) is 40.1 Å². The van der Waals surface area contributed by atoms with Crippen LogP contribution in [0.1, 0.15) is 90.9 Å². The summed E-state index contributed by atoms with van der Waals surface area (Å²) >= 11 is 0. The Bertz CT molecular complexity index is 2340. The maximum absolute atomic E-state index is 16.4. The van der Waals surface area contributed by atoms with Crippen LogP contribution < -0.4 is 27.4 Å². The number of benzene rings is 3. The molecule has 4 aromatic rings. The minimum Gasteiger partial charge on any atom is -0.507 e. The van der Waals surface area contributed by atoms with Crippen LogP contribution in [0.15, 0.2) is 90.5 Å². The Morgan fingerprint density at radius 2 is 1.66 bits per heavy atom. The zero-order valence-electron chi connectivity index (χ0n) is 35.0. The van der Waals surface area contributed by atoms with Gasteiger partial charge in [0.15, 0.2) is 0 Å². The van der Waals surface area contributed by atoms with Crippen molar-refractivity contribution in [1.82, 2.24) is 24.6 Å². The zero-order valence-corrected chi connectivity index (χ0v) is 35.0. The highest BCUT2D eigenvalue weighted by molar-refractivity contribution is 6.06. The quantitative estimate of drug-likeness (QED) is 0.122. The van der Waals surface area contributed by atoms with E-state index in [1.165, 1.54) is 5.56 Å². The first-order chi connectivity index (χ1) is 29.4. The molecule has 1 aromatic heterocycles. The van der Waals surface area contributed by atoms with Crippen molar-refractivity contribution in [3.63, 3.8) is 0 Å². The number of rotatable bonds is 10. The number of hydrogen-bond acceptors (Lipinski definition) is 9. The lowest BCUT2D eigenvalue weighted by atomic mass is 9.89. The van der Waals surface area contributed by atoms with Gasteiger partial charge in [-0.25, -0.2) is 9.18 Å². The smallest absolute Gasteiger partial charge is 0.328 e. The van der Waals surface area contributed by atoms with Gasteiger partial charge in [-0.05, 0) is 91.8 Å². The van der Waals surface area contributed by atoms with Crippen LogP contribution >= 0.6 is 0 Å². The monoisotopic (exact) mass is 831 g/mol. The number of alkyl halides is 1. The number of piperidine rings is 3. The van der Waals surface area contributed by atoms with Crippen LogP contribution in [0, 0.1) is 0 Å². The number of carbonyl (C=O) groups excluding carboxylic acids is 3. The largest absolute Gasteiger partial charge is 0.507 e. The van der Waals surface area contributed by atoms with Gasteiger partial charge in [0.1, 0.15) is 17.2 Å². The van der Waals surface area contributed by atoms with Crippen molar-refractivity contribution in [2.45, 2.75) is 75.9 Å². The number of fused-ring (bicyclic) bond motifs is 1. The van der Waals surface area contributed by atoms with Crippen LogP contribution in [0.2, 0.25) is 0 Å². The highest BCUT2D eigenvalue weighted by atomic mass is 19.1. The number of halogens is 1. The molecule has 14 heteroatoms. The van der Waals surface area contributed by atoms with Crippen LogP contribution in [-0.4, -0.2) is 100 Å². The lowest BCUT2D eigenvalue weighted by Gasteiger charge is -2.41. The molecular formula is C47H58FN9O4. The number of nitrogens with zero attached hydrogens (tertiary/aromatic N) is 5. The molecule has 3 aromatic carbocycles. The second-order valence-electron chi connectivity index (χ2n) is 17.2. The Morgan fingerprint density at radius 3 is 2.34 bits per heavy atom. The summed E-state index contributed by atoms with van der Waals surface area (Å²) in [4.78, 5) is 45.6. The Morgan fingerprint density at radius 1 is 0.918 bits per heavy atom. The molecule has 5 heterocycles. The molecule has 1 atom stereocenters. The number of phenolic OH excluding ortho intramolecular Hbond substituents is 1. The first-order valence-electron chi connectivity index (χ1n) is 21.7. The minimum absolute atomic E-state index is 0.0719. The number of carbonyl (C=O) groups is 3. The molecule has 61 heavy (non-hydrogen) atoms. The summed E-state index contributed by atoms with van der Waals surface area (Å²) in [6.07, 6.45) is 9.42. The molecular weight excluding hydrogens is 774 g/mol. The van der Waals surface area contributed by atoms with Gasteiger partial charge in [-0.2, -0.15) is 0 Å². The van der Waals surface area contributed by atoms with Crippen molar-refractivity contribution in [2.24, 2.45) is 17.2 Å². The van der Waals surface area contributed by atoms with E-state index in [9.17, 15) is 19.5 Å². The SMILES string of the molecule is CCc1cn(C2CCN(CC3(F)CCN(C(=O)c4ccc(C5CCCN(C(/C=C(\N)c6ccccc6O)=C(N)N)C5)cc4)CC3)CC2)c2ccc(N3CCC(=O)NC3=O)cc12. The number of nitrogens with two attached hydrogens (primary N) is 3. The first-order valence-corrected chi connectivity index (χ1v) is 21.7. The molecule has 0 spiro atoms. The number of nitrogens with one attached hydrogen (secondary N) is 1. The predicted octanol–water partition coefficient (Wildman–Crippen LogP) is 5.90. The van der Waals surface area contributed by atoms with Crippen molar-refractivity contribution in [2.75, 3.05) is 57.3 Å². The number of phenols is 1. The van der Waals surface area contributed by atoms with E-state index in [4.69, 9.17) is 17.2 Å². The lowest BCUT2D eigenvalue weighted by molar-refractivity contribution is -0.120. The molecule has 8 N–H and O–H groups in total. The maximum Gasteiger partial charge on any atom is 0.328 e. The molecule has 1 unspecified atom stereocenters. The van der Waals surface area contributed by atoms with E-state index in [0.717, 1.165) is 73.9 Å². The van der Waals surface area contributed by atoms with E-state index in [2.05, 4.69) is 44.9 Å². The topological polar surface area (TPSA) is 179 Å². The number of aromatic hydroxyl groups is 1. The third kappa shape index (κ3) is 8.90. The summed E-state index contributed by atoms with van der Waals surface area (Å²) in [6.45, 7) is 6.65. The molecule has 0 radical (unpaired) electrons. The van der Waals surface area contributed by atoms with Gasteiger partial charge in [0.2, 0.25) is 5.91 Å². The van der Waals surface area contributed by atoms with Gasteiger partial charge < -0.3 is 41.6 Å². The summed E-state index contributed by atoms with van der Waals surface area (Å²) in [5.41, 5.74) is 23.7. The number of aromatic nitrogens is 1. The van der Waals surface area contributed by atoms with Crippen LogP contribution in [0.4, 0.5) is 14.9 Å². The number of amides is 4. The highest BCUT2D eigenvalue weighted by Gasteiger charge is 2.39. The zero-order chi connectivity index (χ0) is 42.8. The normalized spacial score (nSPS) is 20.5. The first kappa shape index (κ1) is 41.7. The molecule has 8 rings (SSSR count). The lowest BCUT2D eigenvalue weighted by Crippen LogP contribution is -2.51. The number of allylic oxidation sites excluding steroid dienone is 1. The van der Waals surface area contributed by atoms with Gasteiger partial charge in [0.05, 0.1) is 5.70 Å². The molecule has 4 aliphatic rings. The fraction of sp³-hybridized carbons (Fsp3) is 0.426. The van der Waals surface area contributed by atoms with Gasteiger partial charge in [-0.3, -0.25) is 19.8 Å². The molecule has 322 valence electrons. The molecule has 0 bridgehead atoms. The maximum atomic E-state index is 16.4. The van der Waals surface area contributed by atoms with Gasteiger partial charge in [0.25, 0.3) is 5.91 Å². The van der Waals surface area contributed by atoms with E-state index in [-0.39, 0.29) is 47.8 Å². The minimum atomic E-state index is -1.35. The third-order valence-corrected chi connectivity index (χ3v) is 13.2. The van der Waals surface area contributed by atoms with Gasteiger partial charge in [-0.1, -0.05) is 31.2 Å². The predicted molar refractivity (Wildman–Crippen MR) is 236 cm³/mol. The third-order valence-electron chi connectivity index (χ3n) is 13.2.